The second-order valence-electron chi connectivity index (χ2n) is 5.14. The number of benzene rings is 1. The summed E-state index contributed by atoms with van der Waals surface area (Å²) in [7, 11) is 0. The molecule has 5 nitrogen and oxygen atoms in total. The topological polar surface area (TPSA) is 67.2 Å². The number of aromatic nitrogens is 2. The van der Waals surface area contributed by atoms with Crippen molar-refractivity contribution < 1.29 is 9.90 Å². The predicted octanol–water partition coefficient (Wildman–Crippen LogP) is 2.25. The largest absolute Gasteiger partial charge is 0.508 e. The highest BCUT2D eigenvalue weighted by Crippen LogP contribution is 2.18. The van der Waals surface area contributed by atoms with Gasteiger partial charge in [-0.2, -0.15) is 0 Å². The molecule has 104 valence electrons. The Hall–Kier alpha value is -2.30. The van der Waals surface area contributed by atoms with Crippen LogP contribution in [0, 0.1) is 0 Å². The first kappa shape index (κ1) is 12.7. The van der Waals surface area contributed by atoms with Gasteiger partial charge in [0.05, 0.1) is 5.69 Å². The number of hydrogen-bond acceptors (Lipinski definition) is 3. The molecule has 2 N–H and O–H groups in total. The summed E-state index contributed by atoms with van der Waals surface area (Å²) in [6.07, 6.45) is 7.74. The van der Waals surface area contributed by atoms with Crippen molar-refractivity contribution in [2.45, 2.75) is 31.7 Å². The third-order valence-electron chi connectivity index (χ3n) is 3.63. The van der Waals surface area contributed by atoms with Crippen LogP contribution in [0.5, 0.6) is 5.75 Å². The van der Waals surface area contributed by atoms with Crippen molar-refractivity contribution >= 4 is 5.91 Å². The molecule has 1 aromatic heterocycles. The summed E-state index contributed by atoms with van der Waals surface area (Å²) in [5.41, 5.74) is 1.18. The molecule has 0 bridgehead atoms. The molecule has 1 amide bonds. The Morgan fingerprint density at radius 1 is 1.35 bits per heavy atom. The molecule has 1 aliphatic carbocycles. The Bertz CT molecular complexity index is 615. The van der Waals surface area contributed by atoms with E-state index in [4.69, 9.17) is 0 Å². The highest BCUT2D eigenvalue weighted by atomic mass is 16.3. The van der Waals surface area contributed by atoms with Crippen LogP contribution >= 0.6 is 0 Å². The fourth-order valence-electron chi connectivity index (χ4n) is 2.56. The van der Waals surface area contributed by atoms with Gasteiger partial charge in [-0.05, 0) is 25.0 Å². The summed E-state index contributed by atoms with van der Waals surface area (Å²) in [6, 6.07) is 7.12. The van der Waals surface area contributed by atoms with Crippen molar-refractivity contribution in [1.82, 2.24) is 14.9 Å². The number of hydrogen-bond donors (Lipinski definition) is 2. The van der Waals surface area contributed by atoms with E-state index in [0.29, 0.717) is 5.69 Å². The Kier molecular flexibility index (Phi) is 3.41. The number of carbonyl (C=O) groups excluding carboxylic acids is 1. The SMILES string of the molecule is O=C(NC1CCCC1)c1cn(-c2cccc(O)c2)cn1. The van der Waals surface area contributed by atoms with E-state index in [2.05, 4.69) is 10.3 Å². The van der Waals surface area contributed by atoms with Gasteiger partial charge in [0.15, 0.2) is 0 Å². The summed E-state index contributed by atoms with van der Waals surface area (Å²) in [5, 5.41) is 12.5. The van der Waals surface area contributed by atoms with Gasteiger partial charge in [-0.25, -0.2) is 4.98 Å². The van der Waals surface area contributed by atoms with E-state index in [1.165, 1.54) is 12.8 Å². The summed E-state index contributed by atoms with van der Waals surface area (Å²) >= 11 is 0. The third-order valence-corrected chi connectivity index (χ3v) is 3.63. The standard InChI is InChI=1S/C15H17N3O2/c19-13-7-3-6-12(8-13)18-9-14(16-10-18)15(20)17-11-4-1-2-5-11/h3,6-11,19H,1-2,4-5H2,(H,17,20). The van der Waals surface area contributed by atoms with Crippen molar-refractivity contribution in [3.05, 3.63) is 42.5 Å². The van der Waals surface area contributed by atoms with Crippen LogP contribution in [-0.2, 0) is 0 Å². The highest BCUT2D eigenvalue weighted by molar-refractivity contribution is 5.92. The Morgan fingerprint density at radius 3 is 2.90 bits per heavy atom. The van der Waals surface area contributed by atoms with E-state index in [1.54, 1.807) is 35.3 Å². The molecule has 0 unspecified atom stereocenters. The second kappa shape index (κ2) is 5.36. The number of carbonyl (C=O) groups is 1. The minimum atomic E-state index is -0.129. The first-order chi connectivity index (χ1) is 9.72. The third kappa shape index (κ3) is 2.66. The molecule has 3 rings (SSSR count). The summed E-state index contributed by atoms with van der Waals surface area (Å²) < 4.78 is 1.73. The highest BCUT2D eigenvalue weighted by Gasteiger charge is 2.19. The molecule has 0 aliphatic heterocycles. The molecule has 2 aromatic rings. The zero-order valence-corrected chi connectivity index (χ0v) is 11.1. The molecular weight excluding hydrogens is 254 g/mol. The van der Waals surface area contributed by atoms with Crippen molar-refractivity contribution in [2.75, 3.05) is 0 Å². The quantitative estimate of drug-likeness (QED) is 0.899. The van der Waals surface area contributed by atoms with Gasteiger partial charge in [0.25, 0.3) is 5.91 Å². The first-order valence-electron chi connectivity index (χ1n) is 6.86. The van der Waals surface area contributed by atoms with E-state index >= 15 is 0 Å². The number of imidazole rings is 1. The molecular formula is C15H17N3O2. The van der Waals surface area contributed by atoms with Crippen molar-refractivity contribution in [3.8, 4) is 11.4 Å². The maximum absolute atomic E-state index is 12.1. The van der Waals surface area contributed by atoms with Crippen LogP contribution in [0.3, 0.4) is 0 Å². The van der Waals surface area contributed by atoms with E-state index in [-0.39, 0.29) is 17.7 Å². The predicted molar refractivity (Wildman–Crippen MR) is 75.0 cm³/mol. The van der Waals surface area contributed by atoms with Gasteiger partial charge in [-0.3, -0.25) is 4.79 Å². The average Bonchev–Trinajstić information content (AvgIpc) is 3.09. The monoisotopic (exact) mass is 271 g/mol. The molecule has 1 fully saturated rings. The van der Waals surface area contributed by atoms with E-state index < -0.39 is 0 Å². The van der Waals surface area contributed by atoms with E-state index in [0.717, 1.165) is 18.5 Å². The second-order valence-corrected chi connectivity index (χ2v) is 5.14. The minimum Gasteiger partial charge on any atom is -0.508 e. The number of aromatic hydroxyl groups is 1. The van der Waals surface area contributed by atoms with Gasteiger partial charge in [0, 0.05) is 18.3 Å². The Balaban J connectivity index is 1.74. The Morgan fingerprint density at radius 2 is 2.15 bits per heavy atom. The summed E-state index contributed by atoms with van der Waals surface area (Å²) in [4.78, 5) is 16.2. The van der Waals surface area contributed by atoms with Gasteiger partial charge < -0.3 is 15.0 Å². The van der Waals surface area contributed by atoms with Gasteiger partial charge in [0.2, 0.25) is 0 Å². The molecule has 0 radical (unpaired) electrons. The number of amides is 1. The number of nitrogens with zero attached hydrogens (tertiary/aromatic N) is 2. The zero-order chi connectivity index (χ0) is 13.9. The molecule has 1 aromatic carbocycles. The zero-order valence-electron chi connectivity index (χ0n) is 11.1. The fourth-order valence-corrected chi connectivity index (χ4v) is 2.56. The number of phenols is 1. The lowest BCUT2D eigenvalue weighted by Crippen LogP contribution is -2.32. The average molecular weight is 271 g/mol. The minimum absolute atomic E-state index is 0.129. The number of nitrogens with one attached hydrogen (secondary N) is 1. The molecule has 0 atom stereocenters. The van der Waals surface area contributed by atoms with Crippen molar-refractivity contribution in [1.29, 1.82) is 0 Å². The summed E-state index contributed by atoms with van der Waals surface area (Å²) in [6.45, 7) is 0. The molecule has 0 spiro atoms. The van der Waals surface area contributed by atoms with Crippen LogP contribution < -0.4 is 5.32 Å². The fraction of sp³-hybridized carbons (Fsp3) is 0.333. The molecule has 1 heterocycles. The van der Waals surface area contributed by atoms with E-state index in [9.17, 15) is 9.90 Å². The first-order valence-corrected chi connectivity index (χ1v) is 6.86. The maximum Gasteiger partial charge on any atom is 0.271 e. The van der Waals surface area contributed by atoms with Gasteiger partial charge in [-0.1, -0.05) is 18.9 Å². The molecule has 5 heteroatoms. The van der Waals surface area contributed by atoms with Gasteiger partial charge >= 0.3 is 0 Å². The van der Waals surface area contributed by atoms with Crippen LogP contribution in [-0.4, -0.2) is 26.6 Å². The van der Waals surface area contributed by atoms with Crippen LogP contribution in [0.25, 0.3) is 5.69 Å². The molecule has 1 aliphatic rings. The normalized spacial score (nSPS) is 15.4. The smallest absolute Gasteiger partial charge is 0.271 e. The summed E-state index contributed by atoms with van der Waals surface area (Å²) in [5.74, 6) is 0.0592. The van der Waals surface area contributed by atoms with Crippen LogP contribution in [0.15, 0.2) is 36.8 Å². The van der Waals surface area contributed by atoms with Crippen LogP contribution in [0.1, 0.15) is 36.2 Å². The molecule has 1 saturated carbocycles. The van der Waals surface area contributed by atoms with Gasteiger partial charge in [0.1, 0.15) is 17.8 Å². The van der Waals surface area contributed by atoms with Crippen molar-refractivity contribution in [2.24, 2.45) is 0 Å². The Labute approximate surface area is 117 Å². The number of phenolic OH excluding ortho intramolecular Hbond substituents is 1. The lowest BCUT2D eigenvalue weighted by Gasteiger charge is -2.09. The van der Waals surface area contributed by atoms with Crippen LogP contribution in [0.2, 0.25) is 0 Å². The lowest BCUT2D eigenvalue weighted by atomic mass is 10.2. The molecule has 20 heavy (non-hydrogen) atoms. The van der Waals surface area contributed by atoms with Gasteiger partial charge in [-0.15, -0.1) is 0 Å². The molecule has 0 saturated heterocycles. The van der Waals surface area contributed by atoms with Crippen molar-refractivity contribution in [3.63, 3.8) is 0 Å². The number of rotatable bonds is 3. The lowest BCUT2D eigenvalue weighted by molar-refractivity contribution is 0.0933. The van der Waals surface area contributed by atoms with E-state index in [1.807, 2.05) is 6.07 Å². The van der Waals surface area contributed by atoms with Crippen LogP contribution in [0.4, 0.5) is 0 Å². The maximum atomic E-state index is 12.1.